The van der Waals surface area contributed by atoms with Gasteiger partial charge in [-0.3, -0.25) is 0 Å². The Hall–Kier alpha value is -1.45. The first kappa shape index (κ1) is 13.0. The van der Waals surface area contributed by atoms with E-state index < -0.39 is 17.8 Å². The Balaban J connectivity index is 2.20. The highest BCUT2D eigenvalue weighted by Gasteiger charge is 2.41. The molecular formula is C14H16F2O2. The van der Waals surface area contributed by atoms with Gasteiger partial charge in [0.2, 0.25) is 0 Å². The molecule has 0 aliphatic heterocycles. The second kappa shape index (κ2) is 5.04. The summed E-state index contributed by atoms with van der Waals surface area (Å²) >= 11 is 0. The second-order valence-corrected chi connectivity index (χ2v) is 4.84. The molecule has 18 heavy (non-hydrogen) atoms. The summed E-state index contributed by atoms with van der Waals surface area (Å²) in [6.45, 7) is 0. The van der Waals surface area contributed by atoms with Gasteiger partial charge in [0.15, 0.2) is 0 Å². The lowest BCUT2D eigenvalue weighted by atomic mass is 9.82. The standard InChI is InChI=1S/C14H16F2O2/c15-14(16,11-4-2-1-3-5-11)12-8-6-10(7-9-12)13(17)18/h6-9,11H,1-5H2,(H,17,18). The van der Waals surface area contributed by atoms with Crippen molar-refractivity contribution in [3.05, 3.63) is 35.4 Å². The van der Waals surface area contributed by atoms with Crippen LogP contribution in [0.3, 0.4) is 0 Å². The van der Waals surface area contributed by atoms with Gasteiger partial charge in [0.1, 0.15) is 0 Å². The first-order chi connectivity index (χ1) is 8.51. The maximum atomic E-state index is 14.2. The molecular weight excluding hydrogens is 238 g/mol. The van der Waals surface area contributed by atoms with Crippen molar-refractivity contribution in [2.75, 3.05) is 0 Å². The van der Waals surface area contributed by atoms with Crippen molar-refractivity contribution in [2.45, 2.75) is 38.0 Å². The number of hydrogen-bond acceptors (Lipinski definition) is 1. The number of benzene rings is 1. The van der Waals surface area contributed by atoms with Crippen LogP contribution in [0.25, 0.3) is 0 Å². The number of alkyl halides is 2. The zero-order chi connectivity index (χ0) is 13.2. The van der Waals surface area contributed by atoms with Gasteiger partial charge in [-0.2, -0.15) is 0 Å². The van der Waals surface area contributed by atoms with Crippen LogP contribution in [0.1, 0.15) is 48.0 Å². The molecule has 0 unspecified atom stereocenters. The van der Waals surface area contributed by atoms with Crippen LogP contribution in [-0.2, 0) is 5.92 Å². The van der Waals surface area contributed by atoms with E-state index in [2.05, 4.69) is 0 Å². The van der Waals surface area contributed by atoms with E-state index in [9.17, 15) is 13.6 Å². The average molecular weight is 254 g/mol. The number of rotatable bonds is 3. The molecule has 2 nitrogen and oxygen atoms in total. The zero-order valence-corrected chi connectivity index (χ0v) is 10.0. The Kier molecular flexibility index (Phi) is 3.64. The van der Waals surface area contributed by atoms with Crippen LogP contribution < -0.4 is 0 Å². The van der Waals surface area contributed by atoms with Crippen molar-refractivity contribution in [1.82, 2.24) is 0 Å². The van der Waals surface area contributed by atoms with Gasteiger partial charge in [0.05, 0.1) is 5.56 Å². The molecule has 1 fully saturated rings. The lowest BCUT2D eigenvalue weighted by Crippen LogP contribution is -2.27. The van der Waals surface area contributed by atoms with E-state index >= 15 is 0 Å². The summed E-state index contributed by atoms with van der Waals surface area (Å²) in [6, 6.07) is 4.96. The van der Waals surface area contributed by atoms with Crippen molar-refractivity contribution in [2.24, 2.45) is 5.92 Å². The van der Waals surface area contributed by atoms with E-state index in [0.717, 1.165) is 19.3 Å². The summed E-state index contributed by atoms with van der Waals surface area (Å²) < 4.78 is 28.5. The summed E-state index contributed by atoms with van der Waals surface area (Å²) in [5.74, 6) is -4.55. The SMILES string of the molecule is O=C(O)c1ccc(C(F)(F)C2CCCCC2)cc1. The highest BCUT2D eigenvalue weighted by atomic mass is 19.3. The number of carboxylic acid groups (broad SMARTS) is 1. The maximum Gasteiger partial charge on any atom is 0.335 e. The Bertz CT molecular complexity index is 420. The van der Waals surface area contributed by atoms with Crippen molar-refractivity contribution in [1.29, 1.82) is 0 Å². The molecule has 1 N–H and O–H groups in total. The summed E-state index contributed by atoms with van der Waals surface area (Å²) in [4.78, 5) is 10.7. The van der Waals surface area contributed by atoms with Crippen LogP contribution in [0.4, 0.5) is 8.78 Å². The quantitative estimate of drug-likeness (QED) is 0.883. The fraction of sp³-hybridized carbons (Fsp3) is 0.500. The highest BCUT2D eigenvalue weighted by Crippen LogP contribution is 2.43. The molecule has 0 atom stereocenters. The summed E-state index contributed by atoms with van der Waals surface area (Å²) in [6.07, 6.45) is 3.84. The first-order valence-electron chi connectivity index (χ1n) is 6.23. The minimum Gasteiger partial charge on any atom is -0.478 e. The topological polar surface area (TPSA) is 37.3 Å². The minimum absolute atomic E-state index is 0.0400. The van der Waals surface area contributed by atoms with Crippen molar-refractivity contribution >= 4 is 5.97 Å². The summed E-state index contributed by atoms with van der Waals surface area (Å²) in [5.41, 5.74) is -0.0300. The summed E-state index contributed by atoms with van der Waals surface area (Å²) in [7, 11) is 0. The highest BCUT2D eigenvalue weighted by molar-refractivity contribution is 5.87. The van der Waals surface area contributed by atoms with E-state index in [1.54, 1.807) is 0 Å². The van der Waals surface area contributed by atoms with Gasteiger partial charge in [-0.15, -0.1) is 0 Å². The van der Waals surface area contributed by atoms with Crippen molar-refractivity contribution in [3.63, 3.8) is 0 Å². The van der Waals surface area contributed by atoms with E-state index in [1.165, 1.54) is 24.3 Å². The molecule has 98 valence electrons. The maximum absolute atomic E-state index is 14.2. The van der Waals surface area contributed by atoms with Crippen LogP contribution in [0, 0.1) is 5.92 Å². The molecule has 0 heterocycles. The van der Waals surface area contributed by atoms with Gasteiger partial charge in [-0.05, 0) is 25.0 Å². The van der Waals surface area contributed by atoms with Crippen LogP contribution in [0.5, 0.6) is 0 Å². The molecule has 0 spiro atoms. The number of hydrogen-bond donors (Lipinski definition) is 1. The fourth-order valence-electron chi connectivity index (χ4n) is 2.54. The third kappa shape index (κ3) is 2.52. The normalized spacial score (nSPS) is 17.7. The molecule has 0 aromatic heterocycles. The number of carbonyl (C=O) groups is 1. The molecule has 1 aliphatic carbocycles. The first-order valence-corrected chi connectivity index (χ1v) is 6.23. The number of aromatic carboxylic acids is 1. The van der Waals surface area contributed by atoms with Gasteiger partial charge in [-0.25, -0.2) is 13.6 Å². The van der Waals surface area contributed by atoms with Gasteiger partial charge < -0.3 is 5.11 Å². The molecule has 4 heteroatoms. The molecule has 1 saturated carbocycles. The summed E-state index contributed by atoms with van der Waals surface area (Å²) in [5, 5.41) is 8.74. The number of carboxylic acids is 1. The minimum atomic E-state index is -2.85. The molecule has 0 bridgehead atoms. The molecule has 1 aromatic rings. The average Bonchev–Trinajstić information content (AvgIpc) is 2.40. The molecule has 0 amide bonds. The van der Waals surface area contributed by atoms with Crippen molar-refractivity contribution in [3.8, 4) is 0 Å². The Labute approximate surface area is 105 Å². The van der Waals surface area contributed by atoms with Gasteiger partial charge in [0.25, 0.3) is 5.92 Å². The van der Waals surface area contributed by atoms with E-state index in [0.29, 0.717) is 12.8 Å². The Morgan fingerprint density at radius 2 is 1.67 bits per heavy atom. The van der Waals surface area contributed by atoms with E-state index in [4.69, 9.17) is 5.11 Å². The molecule has 1 aromatic carbocycles. The van der Waals surface area contributed by atoms with Crippen LogP contribution >= 0.6 is 0 Å². The van der Waals surface area contributed by atoms with Crippen molar-refractivity contribution < 1.29 is 18.7 Å². The predicted molar refractivity (Wildman–Crippen MR) is 63.9 cm³/mol. The van der Waals surface area contributed by atoms with Gasteiger partial charge in [-0.1, -0.05) is 31.4 Å². The van der Waals surface area contributed by atoms with Gasteiger partial charge in [0, 0.05) is 11.5 Å². The lowest BCUT2D eigenvalue weighted by Gasteiger charge is -2.30. The predicted octanol–water partition coefficient (Wildman–Crippen LogP) is 4.06. The molecule has 0 saturated heterocycles. The monoisotopic (exact) mass is 254 g/mol. The van der Waals surface area contributed by atoms with Gasteiger partial charge >= 0.3 is 5.97 Å². The lowest BCUT2D eigenvalue weighted by molar-refractivity contribution is -0.0777. The number of halogens is 2. The van der Waals surface area contributed by atoms with Crippen LogP contribution in [0.15, 0.2) is 24.3 Å². The smallest absolute Gasteiger partial charge is 0.335 e. The van der Waals surface area contributed by atoms with E-state index in [-0.39, 0.29) is 11.1 Å². The third-order valence-electron chi connectivity index (χ3n) is 3.63. The van der Waals surface area contributed by atoms with Crippen LogP contribution in [0.2, 0.25) is 0 Å². The Morgan fingerprint density at radius 1 is 1.11 bits per heavy atom. The fourth-order valence-corrected chi connectivity index (χ4v) is 2.54. The molecule has 2 rings (SSSR count). The molecule has 1 aliphatic rings. The third-order valence-corrected chi connectivity index (χ3v) is 3.63. The second-order valence-electron chi connectivity index (χ2n) is 4.84. The van der Waals surface area contributed by atoms with E-state index in [1.807, 2.05) is 0 Å². The Morgan fingerprint density at radius 3 is 2.17 bits per heavy atom. The zero-order valence-electron chi connectivity index (χ0n) is 10.0. The molecule has 0 radical (unpaired) electrons. The van der Waals surface area contributed by atoms with Crippen LogP contribution in [-0.4, -0.2) is 11.1 Å². The largest absolute Gasteiger partial charge is 0.478 e.